The number of pyridine rings is 1. The van der Waals surface area contributed by atoms with Crippen LogP contribution < -0.4 is 4.74 Å². The molecular weight excluding hydrogens is 344 g/mol. The second kappa shape index (κ2) is 7.04. The van der Waals surface area contributed by atoms with E-state index in [-0.39, 0.29) is 19.1 Å². The summed E-state index contributed by atoms with van der Waals surface area (Å²) >= 11 is 0. The van der Waals surface area contributed by atoms with Crippen molar-refractivity contribution in [3.8, 4) is 5.75 Å². The van der Waals surface area contributed by atoms with Crippen LogP contribution in [0.5, 0.6) is 5.75 Å². The van der Waals surface area contributed by atoms with Crippen LogP contribution >= 0.6 is 0 Å². The maximum atomic E-state index is 12.7. The molecule has 1 N–H and O–H groups in total. The topological polar surface area (TPSA) is 118 Å². The molecule has 10 nitrogen and oxygen atoms in total. The number of rotatable bonds is 5. The van der Waals surface area contributed by atoms with E-state index in [1.165, 1.54) is 0 Å². The van der Waals surface area contributed by atoms with Crippen LogP contribution in [0.3, 0.4) is 0 Å². The molecule has 1 fully saturated rings. The number of aliphatic hydroxyl groups is 1. The Labute approximate surface area is 150 Å². The molecule has 10 heteroatoms. The van der Waals surface area contributed by atoms with Gasteiger partial charge in [0.1, 0.15) is 24.1 Å². The molecule has 2 aliphatic heterocycles. The average molecular weight is 366 g/mol. The Morgan fingerprint density at radius 2 is 2.27 bits per heavy atom. The number of nitrogens with zero attached hydrogens (tertiary/aromatic N) is 4. The molecule has 2 atom stereocenters. The van der Waals surface area contributed by atoms with Gasteiger partial charge in [0.25, 0.3) is 5.09 Å². The molecule has 0 unspecified atom stereocenters. The molecule has 2 aliphatic rings. The number of aromatic nitrogens is 1. The van der Waals surface area contributed by atoms with Crippen molar-refractivity contribution in [2.45, 2.75) is 31.6 Å². The Morgan fingerprint density at radius 1 is 1.50 bits per heavy atom. The number of amides is 1. The van der Waals surface area contributed by atoms with Crippen molar-refractivity contribution >= 4 is 5.91 Å². The molecule has 0 spiro atoms. The van der Waals surface area contributed by atoms with Crippen molar-refractivity contribution in [1.29, 1.82) is 0 Å². The maximum Gasteiger partial charge on any atom is 0.294 e. The number of aliphatic hydroxyl groups excluding tert-OH is 1. The summed E-state index contributed by atoms with van der Waals surface area (Å²) in [6, 6.07) is 1.18. The lowest BCUT2D eigenvalue weighted by Gasteiger charge is -2.48. The van der Waals surface area contributed by atoms with E-state index in [2.05, 4.69) is 9.82 Å². The average Bonchev–Trinajstić information content (AvgIpc) is 2.56. The Bertz CT molecular complexity index is 697. The molecule has 3 rings (SSSR count). The summed E-state index contributed by atoms with van der Waals surface area (Å²) in [4.78, 5) is 34.8. The van der Waals surface area contributed by atoms with Gasteiger partial charge < -0.3 is 19.6 Å². The van der Waals surface area contributed by atoms with E-state index in [0.717, 1.165) is 0 Å². The summed E-state index contributed by atoms with van der Waals surface area (Å²) in [5.74, 6) is 0.448. The first-order valence-corrected chi connectivity index (χ1v) is 8.40. The van der Waals surface area contributed by atoms with Crippen LogP contribution in [0, 0.1) is 10.1 Å². The van der Waals surface area contributed by atoms with Gasteiger partial charge in [0.2, 0.25) is 5.91 Å². The first kappa shape index (κ1) is 18.3. The van der Waals surface area contributed by atoms with Gasteiger partial charge in [-0.15, -0.1) is 10.1 Å². The summed E-state index contributed by atoms with van der Waals surface area (Å²) in [6.45, 7) is 4.81. The number of hydrogen-bond donors (Lipinski definition) is 1. The summed E-state index contributed by atoms with van der Waals surface area (Å²) in [7, 11) is 0. The van der Waals surface area contributed by atoms with E-state index in [1.54, 1.807) is 42.1 Å². The van der Waals surface area contributed by atoms with Gasteiger partial charge in [-0.2, -0.15) is 0 Å². The molecule has 26 heavy (non-hydrogen) atoms. The molecule has 0 radical (unpaired) electrons. The van der Waals surface area contributed by atoms with Crippen molar-refractivity contribution in [2.75, 3.05) is 32.8 Å². The van der Waals surface area contributed by atoms with E-state index in [4.69, 9.17) is 4.74 Å². The third kappa shape index (κ3) is 3.56. The fourth-order valence-corrected chi connectivity index (χ4v) is 3.41. The van der Waals surface area contributed by atoms with Gasteiger partial charge in [0.15, 0.2) is 0 Å². The standard InChI is InChI=1S/C16H22N4O6/c1-16(2)15(22)14(11-9-17-4-3-12(11)26-16)19-6-5-18(10-13(19)21)7-8-25-20(23)24/h3-4,9,14-15,22H,5-8,10H2,1-2H3/t14-,15+/m1/s1. The fourth-order valence-electron chi connectivity index (χ4n) is 3.41. The number of carbonyl (C=O) groups is 1. The number of hydrogen-bond acceptors (Lipinski definition) is 8. The largest absolute Gasteiger partial charge is 0.485 e. The molecule has 0 aromatic carbocycles. The van der Waals surface area contributed by atoms with Crippen molar-refractivity contribution in [2.24, 2.45) is 0 Å². The quantitative estimate of drug-likeness (QED) is 0.572. The van der Waals surface area contributed by atoms with Crippen molar-refractivity contribution in [3.63, 3.8) is 0 Å². The molecule has 142 valence electrons. The third-order valence-electron chi connectivity index (χ3n) is 4.79. The van der Waals surface area contributed by atoms with E-state index in [9.17, 15) is 20.0 Å². The van der Waals surface area contributed by atoms with E-state index >= 15 is 0 Å². The maximum absolute atomic E-state index is 12.7. The molecule has 1 amide bonds. The summed E-state index contributed by atoms with van der Waals surface area (Å²) in [5.41, 5.74) is -0.173. The molecule has 0 saturated carbocycles. The monoisotopic (exact) mass is 366 g/mol. The van der Waals surface area contributed by atoms with Gasteiger partial charge in [-0.3, -0.25) is 14.7 Å². The van der Waals surface area contributed by atoms with Gasteiger partial charge in [0.05, 0.1) is 12.6 Å². The minimum atomic E-state index is -0.910. The Hall–Kier alpha value is -2.46. The fraction of sp³-hybridized carbons (Fsp3) is 0.625. The zero-order chi connectivity index (χ0) is 18.9. The highest BCUT2D eigenvalue weighted by molar-refractivity contribution is 5.80. The molecule has 0 aliphatic carbocycles. The zero-order valence-electron chi connectivity index (χ0n) is 14.7. The minimum Gasteiger partial charge on any atom is -0.485 e. The molecular formula is C16H22N4O6. The lowest BCUT2D eigenvalue weighted by molar-refractivity contribution is -0.757. The van der Waals surface area contributed by atoms with Crippen LogP contribution in [-0.2, 0) is 9.63 Å². The first-order valence-electron chi connectivity index (χ1n) is 8.40. The number of carbonyl (C=O) groups excluding carboxylic acids is 1. The lowest BCUT2D eigenvalue weighted by atomic mass is 9.86. The van der Waals surface area contributed by atoms with Gasteiger partial charge in [-0.25, -0.2) is 0 Å². The second-order valence-electron chi connectivity index (χ2n) is 6.93. The molecule has 3 heterocycles. The predicted octanol–water partition coefficient (Wildman–Crippen LogP) is 0.00710. The second-order valence-corrected chi connectivity index (χ2v) is 6.93. The van der Waals surface area contributed by atoms with Gasteiger partial charge >= 0.3 is 0 Å². The minimum absolute atomic E-state index is 0.0834. The smallest absolute Gasteiger partial charge is 0.294 e. The van der Waals surface area contributed by atoms with Crippen LogP contribution in [-0.4, -0.2) is 75.4 Å². The van der Waals surface area contributed by atoms with Crippen LogP contribution in [0.1, 0.15) is 25.5 Å². The Balaban J connectivity index is 1.75. The summed E-state index contributed by atoms with van der Waals surface area (Å²) < 4.78 is 5.87. The van der Waals surface area contributed by atoms with Crippen molar-refractivity contribution in [3.05, 3.63) is 34.1 Å². The number of ether oxygens (including phenoxy) is 1. The van der Waals surface area contributed by atoms with Crippen LogP contribution in [0.25, 0.3) is 0 Å². The number of piperazine rings is 1. The highest BCUT2D eigenvalue weighted by Gasteiger charge is 2.47. The van der Waals surface area contributed by atoms with Gasteiger partial charge in [0, 0.05) is 37.6 Å². The highest BCUT2D eigenvalue weighted by Crippen LogP contribution is 2.42. The van der Waals surface area contributed by atoms with Crippen LogP contribution in [0.4, 0.5) is 0 Å². The molecule has 1 aromatic heterocycles. The normalized spacial score (nSPS) is 25.3. The van der Waals surface area contributed by atoms with Crippen molar-refractivity contribution < 1.29 is 24.6 Å². The predicted molar refractivity (Wildman–Crippen MR) is 88.8 cm³/mol. The summed E-state index contributed by atoms with van der Waals surface area (Å²) in [5, 5.41) is 20.2. The Morgan fingerprint density at radius 3 is 2.96 bits per heavy atom. The van der Waals surface area contributed by atoms with Gasteiger partial charge in [-0.1, -0.05) is 0 Å². The molecule has 1 saturated heterocycles. The van der Waals surface area contributed by atoms with E-state index < -0.39 is 22.8 Å². The Kier molecular flexibility index (Phi) is 4.97. The van der Waals surface area contributed by atoms with Gasteiger partial charge in [-0.05, 0) is 19.9 Å². The first-order chi connectivity index (χ1) is 12.3. The lowest BCUT2D eigenvalue weighted by Crippen LogP contribution is -2.59. The molecule has 1 aromatic rings. The molecule has 0 bridgehead atoms. The summed E-state index contributed by atoms with van der Waals surface area (Å²) in [6.07, 6.45) is 2.31. The highest BCUT2D eigenvalue weighted by atomic mass is 16.9. The number of fused-ring (bicyclic) bond motifs is 1. The third-order valence-corrected chi connectivity index (χ3v) is 4.79. The van der Waals surface area contributed by atoms with Crippen LogP contribution in [0.2, 0.25) is 0 Å². The van der Waals surface area contributed by atoms with E-state index in [0.29, 0.717) is 30.9 Å². The SMILES string of the molecule is CC1(C)Oc2ccncc2[C@@H](N2CCN(CCO[N+](=O)[O-])CC2=O)[C@@H]1O. The van der Waals surface area contributed by atoms with E-state index in [1.807, 2.05) is 0 Å². The van der Waals surface area contributed by atoms with Crippen LogP contribution in [0.15, 0.2) is 18.5 Å². The zero-order valence-corrected chi connectivity index (χ0v) is 14.7. The van der Waals surface area contributed by atoms with Crippen molar-refractivity contribution in [1.82, 2.24) is 14.8 Å².